The van der Waals surface area contributed by atoms with Crippen LogP contribution in [0.1, 0.15) is 33.4 Å². The average molecular weight is 607 g/mol. The predicted octanol–water partition coefficient (Wildman–Crippen LogP) is 8.50. The van der Waals surface area contributed by atoms with Crippen molar-refractivity contribution in [3.8, 4) is 23.0 Å². The lowest BCUT2D eigenvalue weighted by Gasteiger charge is -2.37. The lowest BCUT2D eigenvalue weighted by molar-refractivity contribution is 0.125. The highest BCUT2D eigenvalue weighted by molar-refractivity contribution is 5.94. The average Bonchev–Trinajstić information content (AvgIpc) is 3.14. The molecule has 1 unspecified atom stereocenters. The minimum absolute atomic E-state index is 0.711. The summed E-state index contributed by atoms with van der Waals surface area (Å²) in [5.41, 5.74) is 2.70. The maximum atomic E-state index is 12.6. The van der Waals surface area contributed by atoms with Crippen LogP contribution in [0, 0.1) is 0 Å². The Morgan fingerprint density at radius 2 is 1.00 bits per heavy atom. The molecule has 0 fully saturated rings. The molecule has 0 aromatic heterocycles. The fourth-order valence-electron chi connectivity index (χ4n) is 6.38. The van der Waals surface area contributed by atoms with E-state index in [1.165, 1.54) is 0 Å². The minimum Gasteiger partial charge on any atom is -0.497 e. The first-order valence-corrected chi connectivity index (χ1v) is 15.2. The largest absolute Gasteiger partial charge is 0.497 e. The SMILES string of the molecule is COc1ccc(C2(c3ccc(C(O)(c4ccc(OC)cc4)c4ccc(OC)cc4)cc3)C=Cc3c(ccc4ccccc34)O2)cc1. The van der Waals surface area contributed by atoms with Crippen molar-refractivity contribution in [3.63, 3.8) is 0 Å². The molecule has 5 heteroatoms. The van der Waals surface area contributed by atoms with E-state index in [9.17, 15) is 5.11 Å². The van der Waals surface area contributed by atoms with Gasteiger partial charge in [0.1, 0.15) is 28.6 Å². The minimum atomic E-state index is -1.45. The number of ether oxygens (including phenoxy) is 4. The van der Waals surface area contributed by atoms with E-state index in [1.807, 2.05) is 115 Å². The first kappa shape index (κ1) is 29.2. The maximum Gasteiger partial charge on any atom is 0.178 e. The Kier molecular flexibility index (Phi) is 7.47. The second kappa shape index (κ2) is 11.8. The van der Waals surface area contributed by atoms with E-state index in [-0.39, 0.29) is 0 Å². The molecule has 46 heavy (non-hydrogen) atoms. The van der Waals surface area contributed by atoms with Crippen molar-refractivity contribution in [1.82, 2.24) is 0 Å². The normalized spacial score (nSPS) is 15.6. The Labute approximate surface area is 268 Å². The van der Waals surface area contributed by atoms with E-state index in [0.29, 0.717) is 28.2 Å². The van der Waals surface area contributed by atoms with Crippen LogP contribution >= 0.6 is 0 Å². The van der Waals surface area contributed by atoms with Crippen molar-refractivity contribution < 1.29 is 24.1 Å². The second-order valence-electron chi connectivity index (χ2n) is 11.3. The molecule has 1 N–H and O–H groups in total. The number of hydrogen-bond acceptors (Lipinski definition) is 5. The van der Waals surface area contributed by atoms with Crippen LogP contribution in [0.2, 0.25) is 0 Å². The molecule has 6 aromatic rings. The van der Waals surface area contributed by atoms with Gasteiger partial charge in [0.05, 0.1) is 21.3 Å². The summed E-state index contributed by atoms with van der Waals surface area (Å²) in [7, 11) is 4.92. The monoisotopic (exact) mass is 606 g/mol. The summed E-state index contributed by atoms with van der Waals surface area (Å²) in [5, 5.41) is 14.9. The van der Waals surface area contributed by atoms with Crippen LogP contribution in [0.4, 0.5) is 0 Å². The van der Waals surface area contributed by atoms with Gasteiger partial charge >= 0.3 is 0 Å². The highest BCUT2D eigenvalue weighted by Gasteiger charge is 2.39. The van der Waals surface area contributed by atoms with Gasteiger partial charge < -0.3 is 24.1 Å². The van der Waals surface area contributed by atoms with E-state index in [2.05, 4.69) is 30.4 Å². The smallest absolute Gasteiger partial charge is 0.178 e. The molecule has 0 saturated carbocycles. The van der Waals surface area contributed by atoms with E-state index in [4.69, 9.17) is 18.9 Å². The van der Waals surface area contributed by atoms with Crippen LogP contribution in [-0.2, 0) is 11.2 Å². The fraction of sp³-hybridized carbons (Fsp3) is 0.122. The third kappa shape index (κ3) is 4.86. The maximum absolute atomic E-state index is 12.6. The zero-order valence-corrected chi connectivity index (χ0v) is 25.9. The number of methoxy groups -OCH3 is 3. The Morgan fingerprint density at radius 3 is 1.52 bits per heavy atom. The molecule has 1 heterocycles. The molecule has 0 bridgehead atoms. The van der Waals surface area contributed by atoms with Gasteiger partial charge in [-0.05, 0) is 82.1 Å². The number of benzene rings is 6. The first-order valence-electron chi connectivity index (χ1n) is 15.2. The Balaban J connectivity index is 1.36. The second-order valence-corrected chi connectivity index (χ2v) is 11.3. The zero-order valence-electron chi connectivity index (χ0n) is 25.9. The van der Waals surface area contributed by atoms with Gasteiger partial charge in [0.15, 0.2) is 5.60 Å². The molecule has 0 spiro atoms. The lowest BCUT2D eigenvalue weighted by atomic mass is 9.78. The van der Waals surface area contributed by atoms with Crippen molar-refractivity contribution in [1.29, 1.82) is 0 Å². The molecule has 1 atom stereocenters. The molecule has 5 nitrogen and oxygen atoms in total. The molecule has 0 amide bonds. The fourth-order valence-corrected chi connectivity index (χ4v) is 6.38. The topological polar surface area (TPSA) is 57.2 Å². The first-order chi connectivity index (χ1) is 22.5. The van der Waals surface area contributed by atoms with Crippen LogP contribution in [0.25, 0.3) is 16.8 Å². The number of rotatable bonds is 8. The molecule has 1 aliphatic heterocycles. The van der Waals surface area contributed by atoms with Crippen LogP contribution < -0.4 is 18.9 Å². The summed E-state index contributed by atoms with van der Waals surface area (Å²) >= 11 is 0. The highest BCUT2D eigenvalue weighted by atomic mass is 16.5. The molecule has 6 aromatic carbocycles. The molecule has 0 aliphatic carbocycles. The molecule has 1 aliphatic rings. The Bertz CT molecular complexity index is 1960. The van der Waals surface area contributed by atoms with Gasteiger partial charge in [0, 0.05) is 16.7 Å². The molecule has 0 radical (unpaired) electrons. The van der Waals surface area contributed by atoms with Gasteiger partial charge in [0.25, 0.3) is 0 Å². The van der Waals surface area contributed by atoms with Gasteiger partial charge in [-0.2, -0.15) is 0 Å². The van der Waals surface area contributed by atoms with Crippen molar-refractivity contribution in [2.24, 2.45) is 0 Å². The third-order valence-corrected chi connectivity index (χ3v) is 8.95. The molecule has 7 rings (SSSR count). The summed E-state index contributed by atoms with van der Waals surface area (Å²) < 4.78 is 23.3. The number of aliphatic hydroxyl groups is 1. The van der Waals surface area contributed by atoms with Gasteiger partial charge in [-0.25, -0.2) is 0 Å². The number of hydrogen-bond donors (Lipinski definition) is 1. The van der Waals surface area contributed by atoms with E-state index < -0.39 is 11.2 Å². The molecular weight excluding hydrogens is 572 g/mol. The van der Waals surface area contributed by atoms with Gasteiger partial charge in [-0.15, -0.1) is 0 Å². The van der Waals surface area contributed by atoms with Gasteiger partial charge in [-0.3, -0.25) is 0 Å². The molecule has 228 valence electrons. The van der Waals surface area contributed by atoms with Crippen LogP contribution in [0.5, 0.6) is 23.0 Å². The standard InChI is InChI=1S/C41H34O5/c1-43-34-19-13-30(14-20-34)40(27-26-38-37-7-5-4-6-28(37)8-25-39(38)46-40)29-9-11-31(12-10-29)41(42,32-15-21-35(44-2)22-16-32)33-17-23-36(45-3)24-18-33/h4-27,42H,1-3H3. The summed E-state index contributed by atoms with van der Waals surface area (Å²) in [5.74, 6) is 3.00. The number of fused-ring (bicyclic) bond motifs is 3. The van der Waals surface area contributed by atoms with Crippen LogP contribution in [-0.4, -0.2) is 26.4 Å². The summed E-state index contributed by atoms with van der Waals surface area (Å²) in [4.78, 5) is 0. The van der Waals surface area contributed by atoms with E-state index >= 15 is 0 Å². The van der Waals surface area contributed by atoms with Gasteiger partial charge in [-0.1, -0.05) is 91.0 Å². The highest BCUT2D eigenvalue weighted by Crippen LogP contribution is 2.45. The zero-order chi connectivity index (χ0) is 31.7. The van der Waals surface area contributed by atoms with Crippen molar-refractivity contribution in [2.75, 3.05) is 21.3 Å². The van der Waals surface area contributed by atoms with E-state index in [0.717, 1.165) is 39.0 Å². The predicted molar refractivity (Wildman–Crippen MR) is 182 cm³/mol. The summed E-state index contributed by atoms with van der Waals surface area (Å²) in [6.07, 6.45) is 4.28. The Morgan fingerprint density at radius 1 is 0.543 bits per heavy atom. The van der Waals surface area contributed by atoms with E-state index in [1.54, 1.807) is 21.3 Å². The van der Waals surface area contributed by atoms with Crippen LogP contribution in [0.3, 0.4) is 0 Å². The Hall–Kier alpha value is -5.52. The lowest BCUT2D eigenvalue weighted by Crippen LogP contribution is -2.35. The molecular formula is C41H34O5. The van der Waals surface area contributed by atoms with Gasteiger partial charge in [0.2, 0.25) is 0 Å². The van der Waals surface area contributed by atoms with Crippen LogP contribution in [0.15, 0.2) is 140 Å². The third-order valence-electron chi connectivity index (χ3n) is 8.95. The summed E-state index contributed by atoms with van der Waals surface area (Å²) in [6, 6.07) is 43.5. The van der Waals surface area contributed by atoms with Crippen molar-refractivity contribution in [2.45, 2.75) is 11.2 Å². The summed E-state index contributed by atoms with van der Waals surface area (Å²) in [6.45, 7) is 0. The van der Waals surface area contributed by atoms with Crippen molar-refractivity contribution >= 4 is 16.8 Å². The molecule has 0 saturated heterocycles. The van der Waals surface area contributed by atoms with Crippen molar-refractivity contribution in [3.05, 3.63) is 173 Å². The quantitative estimate of drug-likeness (QED) is 0.176.